The molecule has 0 atom stereocenters. The zero-order valence-electron chi connectivity index (χ0n) is 15.5. The molecule has 0 saturated heterocycles. The van der Waals surface area contributed by atoms with Crippen LogP contribution in [0, 0.1) is 10.8 Å². The molecule has 0 amide bonds. The second-order valence-electron chi connectivity index (χ2n) is 8.08. The fourth-order valence-corrected chi connectivity index (χ4v) is 1.59. The molecule has 0 saturated carbocycles. The number of ketones is 2. The molecule has 23 heavy (non-hydrogen) atoms. The largest absolute Gasteiger partial charge is 0.465 e. The summed E-state index contributed by atoms with van der Waals surface area (Å²) in [6.45, 7) is 12.8. The van der Waals surface area contributed by atoms with Crippen molar-refractivity contribution in [3.8, 4) is 0 Å². The van der Waals surface area contributed by atoms with Crippen molar-refractivity contribution >= 4 is 17.5 Å². The summed E-state index contributed by atoms with van der Waals surface area (Å²) in [5, 5.41) is 0. The Bertz CT molecular complexity index is 399. The van der Waals surface area contributed by atoms with Gasteiger partial charge >= 0.3 is 5.97 Å². The van der Waals surface area contributed by atoms with Crippen molar-refractivity contribution in [1.29, 1.82) is 0 Å². The molecule has 5 heteroatoms. The maximum absolute atomic E-state index is 11.7. The Kier molecular flexibility index (Phi) is 9.28. The lowest BCUT2D eigenvalue weighted by molar-refractivity contribution is -0.148. The van der Waals surface area contributed by atoms with Crippen molar-refractivity contribution in [2.24, 2.45) is 10.8 Å². The van der Waals surface area contributed by atoms with Crippen LogP contribution in [-0.2, 0) is 23.9 Å². The van der Waals surface area contributed by atoms with Crippen LogP contribution < -0.4 is 0 Å². The number of rotatable bonds is 10. The highest BCUT2D eigenvalue weighted by Crippen LogP contribution is 2.17. The average molecular weight is 328 g/mol. The molecule has 0 aromatic carbocycles. The summed E-state index contributed by atoms with van der Waals surface area (Å²) in [5.41, 5.74) is -0.441. The van der Waals surface area contributed by atoms with E-state index in [2.05, 4.69) is 20.8 Å². The SMILES string of the molecule is CC(C)(C)COCCC(=O)CCCOC(=O)CC(=O)C(C)(C)C. The van der Waals surface area contributed by atoms with Gasteiger partial charge in [0.05, 0.1) is 19.8 Å². The van der Waals surface area contributed by atoms with Crippen LogP contribution in [0.2, 0.25) is 0 Å². The monoisotopic (exact) mass is 328 g/mol. The molecule has 0 N–H and O–H groups in total. The second-order valence-corrected chi connectivity index (χ2v) is 8.08. The van der Waals surface area contributed by atoms with Gasteiger partial charge in [-0.1, -0.05) is 41.5 Å². The highest BCUT2D eigenvalue weighted by Gasteiger charge is 2.24. The number of esters is 1. The molecule has 0 aromatic rings. The first-order valence-corrected chi connectivity index (χ1v) is 8.20. The Morgan fingerprint density at radius 3 is 2.00 bits per heavy atom. The topological polar surface area (TPSA) is 69.7 Å². The summed E-state index contributed by atoms with van der Waals surface area (Å²) in [4.78, 5) is 34.8. The summed E-state index contributed by atoms with van der Waals surface area (Å²) < 4.78 is 10.4. The van der Waals surface area contributed by atoms with Crippen LogP contribution in [-0.4, -0.2) is 37.4 Å². The van der Waals surface area contributed by atoms with E-state index >= 15 is 0 Å². The Labute approximate surface area is 140 Å². The molecule has 5 nitrogen and oxygen atoms in total. The Morgan fingerprint density at radius 1 is 0.870 bits per heavy atom. The highest BCUT2D eigenvalue weighted by atomic mass is 16.5. The fraction of sp³-hybridized carbons (Fsp3) is 0.833. The fourth-order valence-electron chi connectivity index (χ4n) is 1.59. The van der Waals surface area contributed by atoms with Gasteiger partial charge in [-0.15, -0.1) is 0 Å². The van der Waals surface area contributed by atoms with E-state index in [1.54, 1.807) is 20.8 Å². The van der Waals surface area contributed by atoms with Gasteiger partial charge in [-0.05, 0) is 11.8 Å². The van der Waals surface area contributed by atoms with Crippen LogP contribution in [0.4, 0.5) is 0 Å². The molecule has 0 heterocycles. The molecule has 0 aromatic heterocycles. The maximum atomic E-state index is 11.7. The molecule has 0 aliphatic heterocycles. The standard InChI is InChI=1S/C18H32O5/c1-17(2,3)13-22-11-9-14(19)8-7-10-23-16(21)12-15(20)18(4,5)6/h7-13H2,1-6H3. The smallest absolute Gasteiger partial charge is 0.313 e. The minimum Gasteiger partial charge on any atom is -0.465 e. The molecule has 0 unspecified atom stereocenters. The van der Waals surface area contributed by atoms with Crippen LogP contribution in [0.5, 0.6) is 0 Å². The molecule has 0 fully saturated rings. The number of carbonyl (C=O) groups excluding carboxylic acids is 3. The van der Waals surface area contributed by atoms with Gasteiger partial charge in [0.15, 0.2) is 0 Å². The van der Waals surface area contributed by atoms with Crippen molar-refractivity contribution in [2.75, 3.05) is 19.8 Å². The molecule has 0 rings (SSSR count). The van der Waals surface area contributed by atoms with Crippen LogP contribution in [0.3, 0.4) is 0 Å². The van der Waals surface area contributed by atoms with Gasteiger partial charge in [-0.3, -0.25) is 14.4 Å². The minimum atomic E-state index is -0.540. The van der Waals surface area contributed by atoms with Gasteiger partial charge in [0, 0.05) is 18.3 Å². The van der Waals surface area contributed by atoms with Gasteiger partial charge in [0.25, 0.3) is 0 Å². The predicted molar refractivity (Wildman–Crippen MR) is 89.2 cm³/mol. The van der Waals surface area contributed by atoms with Crippen LogP contribution in [0.15, 0.2) is 0 Å². The summed E-state index contributed by atoms with van der Waals surface area (Å²) in [6, 6.07) is 0. The van der Waals surface area contributed by atoms with Crippen molar-refractivity contribution in [3.63, 3.8) is 0 Å². The minimum absolute atomic E-state index is 0.0979. The molecule has 0 spiro atoms. The Morgan fingerprint density at radius 2 is 1.48 bits per heavy atom. The van der Waals surface area contributed by atoms with E-state index in [0.717, 1.165) is 0 Å². The number of hydrogen-bond acceptors (Lipinski definition) is 5. The summed E-state index contributed by atoms with van der Waals surface area (Å²) in [6.07, 6.45) is 1.01. The lowest BCUT2D eigenvalue weighted by atomic mass is 9.89. The molecule has 0 bridgehead atoms. The normalized spacial score (nSPS) is 12.1. The van der Waals surface area contributed by atoms with Gasteiger partial charge in [0.2, 0.25) is 0 Å². The first kappa shape index (κ1) is 21.8. The Hall–Kier alpha value is -1.23. The van der Waals surface area contributed by atoms with Crippen LogP contribution >= 0.6 is 0 Å². The van der Waals surface area contributed by atoms with Crippen LogP contribution in [0.1, 0.15) is 67.2 Å². The third-order valence-corrected chi connectivity index (χ3v) is 3.06. The number of hydrogen-bond donors (Lipinski definition) is 0. The molecular weight excluding hydrogens is 296 g/mol. The average Bonchev–Trinajstić information content (AvgIpc) is 2.37. The molecule has 0 aliphatic rings. The van der Waals surface area contributed by atoms with Gasteiger partial charge in [-0.2, -0.15) is 0 Å². The third-order valence-electron chi connectivity index (χ3n) is 3.06. The molecule has 134 valence electrons. The quantitative estimate of drug-likeness (QED) is 0.349. The van der Waals surface area contributed by atoms with E-state index in [-0.39, 0.29) is 30.0 Å². The lowest BCUT2D eigenvalue weighted by Gasteiger charge is -2.17. The summed E-state index contributed by atoms with van der Waals surface area (Å²) in [5.74, 6) is -0.568. The third kappa shape index (κ3) is 13.0. The van der Waals surface area contributed by atoms with E-state index in [0.29, 0.717) is 32.5 Å². The highest BCUT2D eigenvalue weighted by molar-refractivity contribution is 5.98. The van der Waals surface area contributed by atoms with Gasteiger partial charge in [-0.25, -0.2) is 0 Å². The first-order chi connectivity index (χ1) is 10.4. The second kappa shape index (κ2) is 9.81. The van der Waals surface area contributed by atoms with Gasteiger partial charge < -0.3 is 9.47 Å². The lowest BCUT2D eigenvalue weighted by Crippen LogP contribution is -2.24. The van der Waals surface area contributed by atoms with E-state index in [4.69, 9.17) is 9.47 Å². The maximum Gasteiger partial charge on any atom is 0.313 e. The summed E-state index contributed by atoms with van der Waals surface area (Å²) >= 11 is 0. The van der Waals surface area contributed by atoms with E-state index in [9.17, 15) is 14.4 Å². The van der Waals surface area contributed by atoms with E-state index < -0.39 is 11.4 Å². The number of Topliss-reactive ketones (excluding diaryl/α,β-unsaturated/α-hetero) is 2. The van der Waals surface area contributed by atoms with Crippen molar-refractivity contribution < 1.29 is 23.9 Å². The summed E-state index contributed by atoms with van der Waals surface area (Å²) in [7, 11) is 0. The molecule has 0 aliphatic carbocycles. The molecule has 0 radical (unpaired) electrons. The zero-order chi connectivity index (χ0) is 18.1. The number of carbonyl (C=O) groups is 3. The van der Waals surface area contributed by atoms with E-state index in [1.807, 2.05) is 0 Å². The molecular formula is C18H32O5. The Balaban J connectivity index is 3.69. The zero-order valence-corrected chi connectivity index (χ0v) is 15.5. The van der Waals surface area contributed by atoms with Crippen molar-refractivity contribution in [1.82, 2.24) is 0 Å². The van der Waals surface area contributed by atoms with Gasteiger partial charge in [0.1, 0.15) is 18.0 Å². The first-order valence-electron chi connectivity index (χ1n) is 8.20. The van der Waals surface area contributed by atoms with Crippen LogP contribution in [0.25, 0.3) is 0 Å². The van der Waals surface area contributed by atoms with Crippen molar-refractivity contribution in [3.05, 3.63) is 0 Å². The van der Waals surface area contributed by atoms with E-state index in [1.165, 1.54) is 0 Å². The number of ether oxygens (including phenoxy) is 2. The van der Waals surface area contributed by atoms with Crippen molar-refractivity contribution in [2.45, 2.75) is 67.2 Å². The predicted octanol–water partition coefficient (Wildman–Crippen LogP) is 3.34.